The summed E-state index contributed by atoms with van der Waals surface area (Å²) >= 11 is 12.1. The van der Waals surface area contributed by atoms with Crippen LogP contribution in [0.3, 0.4) is 0 Å². The topological polar surface area (TPSA) is 49.6 Å². The van der Waals surface area contributed by atoms with Crippen molar-refractivity contribution in [2.45, 2.75) is 6.54 Å². The molecule has 0 spiro atoms. The summed E-state index contributed by atoms with van der Waals surface area (Å²) in [5, 5.41) is 3.71. The van der Waals surface area contributed by atoms with Crippen molar-refractivity contribution in [2.75, 3.05) is 19.4 Å². The van der Waals surface area contributed by atoms with Crippen LogP contribution in [-0.2, 0) is 6.54 Å². The molecule has 24 heavy (non-hydrogen) atoms. The van der Waals surface area contributed by atoms with Gasteiger partial charge in [-0.05, 0) is 44.4 Å². The average Bonchev–Trinajstić information content (AvgIpc) is 2.89. The molecule has 3 aromatic rings. The number of rotatable bonds is 4. The van der Waals surface area contributed by atoms with Crippen LogP contribution in [0.5, 0.6) is 0 Å². The first-order chi connectivity index (χ1) is 11.5. The van der Waals surface area contributed by atoms with Gasteiger partial charge >= 0.3 is 0 Å². The van der Waals surface area contributed by atoms with E-state index >= 15 is 0 Å². The third kappa shape index (κ3) is 3.38. The number of pyridine rings is 1. The molecular weight excluding hydrogens is 347 g/mol. The van der Waals surface area contributed by atoms with Gasteiger partial charge in [-0.3, -0.25) is 4.79 Å². The van der Waals surface area contributed by atoms with Gasteiger partial charge in [-0.25, -0.2) is 4.98 Å². The molecule has 0 atom stereocenters. The van der Waals surface area contributed by atoms with Gasteiger partial charge in [0, 0.05) is 17.8 Å². The zero-order valence-electron chi connectivity index (χ0n) is 13.3. The molecule has 7 heteroatoms. The highest BCUT2D eigenvalue weighted by molar-refractivity contribution is 6.35. The average molecular weight is 363 g/mol. The predicted octanol–water partition coefficient (Wildman–Crippen LogP) is 3.96. The van der Waals surface area contributed by atoms with Crippen molar-refractivity contribution in [1.82, 2.24) is 14.3 Å². The van der Waals surface area contributed by atoms with E-state index < -0.39 is 0 Å². The molecule has 5 nitrogen and oxygen atoms in total. The Bertz CT molecular complexity index is 905. The maximum atomic E-state index is 12.7. The minimum absolute atomic E-state index is 0.320. The number of carbonyl (C=O) groups excluding carboxylic acids is 1. The van der Waals surface area contributed by atoms with Crippen molar-refractivity contribution >= 4 is 40.4 Å². The number of nitrogens with zero attached hydrogens (tertiary/aromatic N) is 3. The number of carbonyl (C=O) groups is 1. The van der Waals surface area contributed by atoms with Crippen LogP contribution in [0.25, 0.3) is 5.65 Å². The Hall–Kier alpha value is -2.08. The second-order valence-corrected chi connectivity index (χ2v) is 6.50. The minimum Gasteiger partial charge on any atom is -0.319 e. The molecular formula is C17H16Cl2N4O. The Balaban J connectivity index is 2.01. The molecule has 0 aliphatic heterocycles. The fourth-order valence-electron chi connectivity index (χ4n) is 2.45. The van der Waals surface area contributed by atoms with Gasteiger partial charge in [0.25, 0.3) is 5.91 Å². The lowest BCUT2D eigenvalue weighted by atomic mass is 10.2. The lowest BCUT2D eigenvalue weighted by Gasteiger charge is -2.12. The van der Waals surface area contributed by atoms with E-state index in [-0.39, 0.29) is 5.91 Å². The van der Waals surface area contributed by atoms with Crippen LogP contribution in [-0.4, -0.2) is 34.3 Å². The zero-order valence-corrected chi connectivity index (χ0v) is 14.8. The molecule has 3 rings (SSSR count). The summed E-state index contributed by atoms with van der Waals surface area (Å²) in [6.07, 6.45) is 1.89. The van der Waals surface area contributed by atoms with Gasteiger partial charge in [-0.2, -0.15) is 0 Å². The summed E-state index contributed by atoms with van der Waals surface area (Å²) in [6, 6.07) is 10.6. The summed E-state index contributed by atoms with van der Waals surface area (Å²) in [4.78, 5) is 19.2. The second kappa shape index (κ2) is 6.81. The van der Waals surface area contributed by atoms with Crippen molar-refractivity contribution in [1.29, 1.82) is 0 Å². The first-order valence-electron chi connectivity index (χ1n) is 7.33. The smallest absolute Gasteiger partial charge is 0.276 e. The predicted molar refractivity (Wildman–Crippen MR) is 97.0 cm³/mol. The van der Waals surface area contributed by atoms with Gasteiger partial charge in [-0.15, -0.1) is 0 Å². The van der Waals surface area contributed by atoms with Crippen LogP contribution in [0.4, 0.5) is 5.69 Å². The van der Waals surface area contributed by atoms with Crippen LogP contribution in [0.2, 0.25) is 10.0 Å². The molecule has 1 N–H and O–H groups in total. The third-order valence-electron chi connectivity index (χ3n) is 3.49. The monoisotopic (exact) mass is 362 g/mol. The van der Waals surface area contributed by atoms with Crippen molar-refractivity contribution < 1.29 is 4.79 Å². The Morgan fingerprint density at radius 1 is 1.25 bits per heavy atom. The Kier molecular flexibility index (Phi) is 4.76. The Morgan fingerprint density at radius 2 is 2.04 bits per heavy atom. The molecule has 0 saturated heterocycles. The van der Waals surface area contributed by atoms with Crippen LogP contribution in [0, 0.1) is 0 Å². The molecule has 124 valence electrons. The van der Waals surface area contributed by atoms with Gasteiger partial charge < -0.3 is 14.6 Å². The first kappa shape index (κ1) is 16.8. The number of anilines is 1. The largest absolute Gasteiger partial charge is 0.319 e. The number of hydrogen-bond donors (Lipinski definition) is 1. The lowest BCUT2D eigenvalue weighted by Crippen LogP contribution is -2.19. The fourth-order valence-corrected chi connectivity index (χ4v) is 2.79. The fraction of sp³-hybridized carbons (Fsp3) is 0.176. The third-order valence-corrected chi connectivity index (χ3v) is 4.05. The number of benzene rings is 1. The van der Waals surface area contributed by atoms with Gasteiger partial charge in [0.05, 0.1) is 16.4 Å². The van der Waals surface area contributed by atoms with Gasteiger partial charge in [0.2, 0.25) is 0 Å². The van der Waals surface area contributed by atoms with Crippen molar-refractivity contribution in [3.05, 3.63) is 64.0 Å². The van der Waals surface area contributed by atoms with E-state index in [9.17, 15) is 4.79 Å². The molecule has 2 aromatic heterocycles. The number of halogens is 2. The molecule has 0 saturated carbocycles. The van der Waals surface area contributed by atoms with E-state index in [4.69, 9.17) is 23.2 Å². The van der Waals surface area contributed by atoms with E-state index in [1.165, 1.54) is 0 Å². The van der Waals surface area contributed by atoms with Crippen molar-refractivity contribution in [3.63, 3.8) is 0 Å². The SMILES string of the molecule is CN(C)Cc1c(C(=O)Nc2cc(Cl)ccc2Cl)nc2ccccn12. The number of nitrogens with one attached hydrogen (secondary N) is 1. The highest BCUT2D eigenvalue weighted by atomic mass is 35.5. The highest BCUT2D eigenvalue weighted by Crippen LogP contribution is 2.26. The van der Waals surface area contributed by atoms with Crippen LogP contribution >= 0.6 is 23.2 Å². The Labute approximate surface area is 149 Å². The van der Waals surface area contributed by atoms with E-state index in [2.05, 4.69) is 10.3 Å². The summed E-state index contributed by atoms with van der Waals surface area (Å²) in [5.41, 5.74) is 2.36. The summed E-state index contributed by atoms with van der Waals surface area (Å²) < 4.78 is 1.91. The number of amides is 1. The molecule has 1 aromatic carbocycles. The number of fused-ring (bicyclic) bond motifs is 1. The van der Waals surface area contributed by atoms with Crippen LogP contribution in [0.1, 0.15) is 16.2 Å². The van der Waals surface area contributed by atoms with E-state index in [0.29, 0.717) is 28.0 Å². The normalized spacial score (nSPS) is 11.2. The van der Waals surface area contributed by atoms with Crippen LogP contribution in [0.15, 0.2) is 42.6 Å². The quantitative estimate of drug-likeness (QED) is 0.764. The summed E-state index contributed by atoms with van der Waals surface area (Å²) in [5.74, 6) is -0.320. The van der Waals surface area contributed by atoms with Gasteiger partial charge in [0.15, 0.2) is 5.69 Å². The summed E-state index contributed by atoms with van der Waals surface area (Å²) in [6.45, 7) is 0.581. The number of imidazole rings is 1. The number of aromatic nitrogens is 2. The van der Waals surface area contributed by atoms with Crippen molar-refractivity contribution in [3.8, 4) is 0 Å². The lowest BCUT2D eigenvalue weighted by molar-refractivity contribution is 0.102. The van der Waals surface area contributed by atoms with Gasteiger partial charge in [-0.1, -0.05) is 29.3 Å². The maximum absolute atomic E-state index is 12.7. The summed E-state index contributed by atoms with van der Waals surface area (Å²) in [7, 11) is 3.88. The first-order valence-corrected chi connectivity index (χ1v) is 8.08. The molecule has 0 bridgehead atoms. The molecule has 0 fully saturated rings. The standard InChI is InChI=1S/C17H16Cl2N4O/c1-22(2)10-14-16(21-15-5-3-4-8-23(14)15)17(24)20-13-9-11(18)6-7-12(13)19/h3-9H,10H2,1-2H3,(H,20,24). The maximum Gasteiger partial charge on any atom is 0.276 e. The molecule has 2 heterocycles. The molecule has 0 aliphatic rings. The Morgan fingerprint density at radius 3 is 2.79 bits per heavy atom. The van der Waals surface area contributed by atoms with E-state index in [0.717, 1.165) is 11.3 Å². The van der Waals surface area contributed by atoms with E-state index in [1.54, 1.807) is 18.2 Å². The highest BCUT2D eigenvalue weighted by Gasteiger charge is 2.20. The molecule has 0 aliphatic carbocycles. The van der Waals surface area contributed by atoms with E-state index in [1.807, 2.05) is 47.8 Å². The van der Waals surface area contributed by atoms with Gasteiger partial charge in [0.1, 0.15) is 5.65 Å². The minimum atomic E-state index is -0.320. The van der Waals surface area contributed by atoms with Crippen LogP contribution < -0.4 is 5.32 Å². The van der Waals surface area contributed by atoms with Crippen molar-refractivity contribution in [2.24, 2.45) is 0 Å². The second-order valence-electron chi connectivity index (χ2n) is 5.65. The zero-order chi connectivity index (χ0) is 17.3. The number of hydrogen-bond acceptors (Lipinski definition) is 3. The molecule has 0 radical (unpaired) electrons. The molecule has 0 unspecified atom stereocenters. The molecule has 1 amide bonds.